The van der Waals surface area contributed by atoms with Crippen LogP contribution in [-0.4, -0.2) is 17.5 Å². The molecule has 1 nitrogen and oxygen atoms in total. The first kappa shape index (κ1) is 12.5. The Kier molecular flexibility index (Phi) is 4.74. The molecule has 1 aromatic heterocycles. The van der Waals surface area contributed by atoms with Crippen LogP contribution in [0.3, 0.4) is 0 Å². The third-order valence-corrected chi connectivity index (χ3v) is 5.16. The third kappa shape index (κ3) is 3.25. The predicted octanol–water partition coefficient (Wildman–Crippen LogP) is 3.93. The minimum atomic E-state index is 0.549. The maximum Gasteiger partial charge on any atom is 0.0440 e. The maximum atomic E-state index is 3.85. The van der Waals surface area contributed by atoms with Crippen molar-refractivity contribution < 1.29 is 0 Å². The fourth-order valence-corrected chi connectivity index (χ4v) is 4.25. The Labute approximate surface area is 107 Å². The van der Waals surface area contributed by atoms with Crippen molar-refractivity contribution in [1.82, 2.24) is 5.32 Å². The van der Waals surface area contributed by atoms with Crippen LogP contribution in [-0.2, 0) is 0 Å². The van der Waals surface area contributed by atoms with Gasteiger partial charge in [0.15, 0.2) is 0 Å². The average molecular weight is 255 g/mol. The molecule has 1 unspecified atom stereocenters. The van der Waals surface area contributed by atoms with E-state index in [1.165, 1.54) is 29.2 Å². The van der Waals surface area contributed by atoms with Gasteiger partial charge in [-0.1, -0.05) is 19.9 Å². The van der Waals surface area contributed by atoms with Crippen molar-refractivity contribution in [1.29, 1.82) is 0 Å². The lowest BCUT2D eigenvalue weighted by Crippen LogP contribution is -2.37. The van der Waals surface area contributed by atoms with Gasteiger partial charge in [0, 0.05) is 17.0 Å². The van der Waals surface area contributed by atoms with Crippen LogP contribution >= 0.6 is 23.1 Å². The minimum absolute atomic E-state index is 0.549. The molecule has 0 aromatic carbocycles. The zero-order valence-corrected chi connectivity index (χ0v) is 11.7. The summed E-state index contributed by atoms with van der Waals surface area (Å²) in [5, 5.41) is 6.04. The van der Waals surface area contributed by atoms with Gasteiger partial charge in [-0.15, -0.1) is 11.3 Å². The highest BCUT2D eigenvalue weighted by molar-refractivity contribution is 7.99. The molecule has 90 valence electrons. The van der Waals surface area contributed by atoms with Gasteiger partial charge in [-0.3, -0.25) is 0 Å². The first-order chi connectivity index (χ1) is 7.77. The van der Waals surface area contributed by atoms with Gasteiger partial charge >= 0.3 is 0 Å². The molecule has 1 N–H and O–H groups in total. The molecule has 2 rings (SSSR count). The number of nitrogens with one attached hydrogen (secondary N) is 1. The molecule has 0 spiro atoms. The monoisotopic (exact) mass is 255 g/mol. The van der Waals surface area contributed by atoms with Gasteiger partial charge in [0.1, 0.15) is 0 Å². The molecule has 0 bridgehead atoms. The SMILES string of the molecule is CC(C)C(NC1CCSCC1)c1cccs1. The fraction of sp³-hybridized carbons (Fsp3) is 0.692. The second kappa shape index (κ2) is 6.08. The van der Waals surface area contributed by atoms with E-state index < -0.39 is 0 Å². The van der Waals surface area contributed by atoms with E-state index >= 15 is 0 Å². The number of thiophene rings is 1. The standard InChI is InChI=1S/C13H21NS2/c1-10(2)13(12-4-3-7-16-12)14-11-5-8-15-9-6-11/h3-4,7,10-11,13-14H,5-6,8-9H2,1-2H3. The quantitative estimate of drug-likeness (QED) is 0.875. The number of hydrogen-bond acceptors (Lipinski definition) is 3. The molecule has 0 radical (unpaired) electrons. The highest BCUT2D eigenvalue weighted by atomic mass is 32.2. The third-order valence-electron chi connectivity index (χ3n) is 3.15. The molecule has 1 fully saturated rings. The van der Waals surface area contributed by atoms with Crippen molar-refractivity contribution in [2.45, 2.75) is 38.8 Å². The Balaban J connectivity index is 1.97. The van der Waals surface area contributed by atoms with E-state index in [2.05, 4.69) is 48.4 Å². The van der Waals surface area contributed by atoms with E-state index in [0.717, 1.165) is 6.04 Å². The van der Waals surface area contributed by atoms with Crippen LogP contribution in [0.4, 0.5) is 0 Å². The lowest BCUT2D eigenvalue weighted by atomic mass is 10.00. The van der Waals surface area contributed by atoms with Gasteiger partial charge in [-0.25, -0.2) is 0 Å². The zero-order valence-electron chi connectivity index (χ0n) is 10.1. The van der Waals surface area contributed by atoms with Crippen molar-refractivity contribution in [2.75, 3.05) is 11.5 Å². The second-order valence-corrected chi connectivity index (χ2v) is 6.99. The largest absolute Gasteiger partial charge is 0.306 e. The van der Waals surface area contributed by atoms with Gasteiger partial charge in [0.2, 0.25) is 0 Å². The van der Waals surface area contributed by atoms with Gasteiger partial charge in [0.05, 0.1) is 0 Å². The van der Waals surface area contributed by atoms with Crippen molar-refractivity contribution >= 4 is 23.1 Å². The number of hydrogen-bond donors (Lipinski definition) is 1. The van der Waals surface area contributed by atoms with Gasteiger partial charge in [-0.05, 0) is 41.7 Å². The number of thioether (sulfide) groups is 1. The van der Waals surface area contributed by atoms with Crippen LogP contribution in [0.5, 0.6) is 0 Å². The normalized spacial score (nSPS) is 20.2. The fourth-order valence-electron chi connectivity index (χ4n) is 2.19. The molecular formula is C13H21NS2. The minimum Gasteiger partial charge on any atom is -0.306 e. The van der Waals surface area contributed by atoms with E-state index in [1.807, 2.05) is 11.3 Å². The average Bonchev–Trinajstić information content (AvgIpc) is 2.80. The molecule has 0 saturated carbocycles. The van der Waals surface area contributed by atoms with E-state index in [9.17, 15) is 0 Å². The molecule has 1 aliphatic heterocycles. The van der Waals surface area contributed by atoms with Crippen molar-refractivity contribution in [3.63, 3.8) is 0 Å². The highest BCUT2D eigenvalue weighted by Crippen LogP contribution is 2.28. The topological polar surface area (TPSA) is 12.0 Å². The molecular weight excluding hydrogens is 234 g/mol. The van der Waals surface area contributed by atoms with Crippen molar-refractivity contribution in [3.8, 4) is 0 Å². The first-order valence-electron chi connectivity index (χ1n) is 6.14. The van der Waals surface area contributed by atoms with Crippen LogP contribution in [0.15, 0.2) is 17.5 Å². The van der Waals surface area contributed by atoms with Crippen LogP contribution in [0.2, 0.25) is 0 Å². The van der Waals surface area contributed by atoms with E-state index in [0.29, 0.717) is 12.0 Å². The Hall–Kier alpha value is 0.01000. The summed E-state index contributed by atoms with van der Waals surface area (Å²) in [7, 11) is 0. The van der Waals surface area contributed by atoms with E-state index in [-0.39, 0.29) is 0 Å². The Morgan fingerprint density at radius 1 is 1.31 bits per heavy atom. The lowest BCUT2D eigenvalue weighted by molar-refractivity contribution is 0.350. The van der Waals surface area contributed by atoms with Crippen LogP contribution in [0.25, 0.3) is 0 Å². The van der Waals surface area contributed by atoms with Crippen molar-refractivity contribution in [3.05, 3.63) is 22.4 Å². The summed E-state index contributed by atoms with van der Waals surface area (Å²) < 4.78 is 0. The van der Waals surface area contributed by atoms with Gasteiger partial charge in [-0.2, -0.15) is 11.8 Å². The van der Waals surface area contributed by atoms with Crippen molar-refractivity contribution in [2.24, 2.45) is 5.92 Å². The lowest BCUT2D eigenvalue weighted by Gasteiger charge is -2.30. The molecule has 0 amide bonds. The summed E-state index contributed by atoms with van der Waals surface area (Å²) in [4.78, 5) is 1.49. The Bertz CT molecular complexity index is 289. The molecule has 1 saturated heterocycles. The molecule has 2 heterocycles. The maximum absolute atomic E-state index is 3.85. The molecule has 0 aliphatic carbocycles. The highest BCUT2D eigenvalue weighted by Gasteiger charge is 2.22. The summed E-state index contributed by atoms with van der Waals surface area (Å²) in [6, 6.07) is 5.71. The Morgan fingerprint density at radius 3 is 2.62 bits per heavy atom. The smallest absolute Gasteiger partial charge is 0.0440 e. The summed E-state index contributed by atoms with van der Waals surface area (Å²) in [6.45, 7) is 4.63. The molecule has 1 aromatic rings. The molecule has 3 heteroatoms. The van der Waals surface area contributed by atoms with Gasteiger partial charge in [0.25, 0.3) is 0 Å². The second-order valence-electron chi connectivity index (χ2n) is 4.79. The van der Waals surface area contributed by atoms with E-state index in [1.54, 1.807) is 0 Å². The summed E-state index contributed by atoms with van der Waals surface area (Å²) in [6.07, 6.45) is 2.67. The first-order valence-corrected chi connectivity index (χ1v) is 8.18. The zero-order chi connectivity index (χ0) is 11.4. The number of rotatable bonds is 4. The summed E-state index contributed by atoms with van der Waals surface area (Å²) in [5.41, 5.74) is 0. The predicted molar refractivity (Wildman–Crippen MR) is 75.4 cm³/mol. The molecule has 1 atom stereocenters. The van der Waals surface area contributed by atoms with Gasteiger partial charge < -0.3 is 5.32 Å². The Morgan fingerprint density at radius 2 is 2.06 bits per heavy atom. The van der Waals surface area contributed by atoms with Crippen LogP contribution in [0, 0.1) is 5.92 Å². The van der Waals surface area contributed by atoms with Crippen LogP contribution in [0.1, 0.15) is 37.6 Å². The summed E-state index contributed by atoms with van der Waals surface area (Å²) >= 11 is 3.97. The summed E-state index contributed by atoms with van der Waals surface area (Å²) in [5.74, 6) is 3.33. The van der Waals surface area contributed by atoms with Crippen LogP contribution < -0.4 is 5.32 Å². The molecule has 1 aliphatic rings. The molecule has 16 heavy (non-hydrogen) atoms. The van der Waals surface area contributed by atoms with E-state index in [4.69, 9.17) is 0 Å².